The third-order valence-electron chi connectivity index (χ3n) is 7.50. The highest BCUT2D eigenvalue weighted by Gasteiger charge is 2.41. The van der Waals surface area contributed by atoms with Gasteiger partial charge < -0.3 is 10.1 Å². The second-order valence-electron chi connectivity index (χ2n) is 10.0. The molecule has 1 aliphatic heterocycles. The number of nitrogens with one attached hydrogen (secondary N) is 1. The Morgan fingerprint density at radius 3 is 2.55 bits per heavy atom. The summed E-state index contributed by atoms with van der Waals surface area (Å²) >= 11 is 0. The molecule has 5 nitrogen and oxygen atoms in total. The number of anilines is 2. The first-order valence-corrected chi connectivity index (χ1v) is 13.3. The fourth-order valence-corrected chi connectivity index (χ4v) is 5.61. The molecule has 0 aromatic heterocycles. The van der Waals surface area contributed by atoms with E-state index in [9.17, 15) is 14.0 Å². The van der Waals surface area contributed by atoms with Crippen LogP contribution in [0.25, 0.3) is 0 Å². The van der Waals surface area contributed by atoms with Crippen LogP contribution in [0.3, 0.4) is 0 Å². The van der Waals surface area contributed by atoms with Gasteiger partial charge in [0.2, 0.25) is 5.91 Å². The van der Waals surface area contributed by atoms with Gasteiger partial charge in [0.05, 0.1) is 24.5 Å². The minimum Gasteiger partial charge on any atom is -0.497 e. The zero-order valence-electron chi connectivity index (χ0n) is 21.9. The molecule has 2 atom stereocenters. The maximum atomic E-state index is 14.0. The molecule has 0 bridgehead atoms. The number of hydrogen-bond donors (Lipinski definition) is 1. The number of methoxy groups -OCH3 is 1. The van der Waals surface area contributed by atoms with Gasteiger partial charge in [-0.2, -0.15) is 0 Å². The number of ketones is 1. The highest BCUT2D eigenvalue weighted by atomic mass is 19.1. The van der Waals surface area contributed by atoms with Crippen LogP contribution in [0.4, 0.5) is 15.8 Å². The predicted molar refractivity (Wildman–Crippen MR) is 148 cm³/mol. The van der Waals surface area contributed by atoms with E-state index in [0.717, 1.165) is 47.5 Å². The van der Waals surface area contributed by atoms with Crippen molar-refractivity contribution in [1.29, 1.82) is 0 Å². The zero-order valence-corrected chi connectivity index (χ0v) is 21.9. The van der Waals surface area contributed by atoms with E-state index in [4.69, 9.17) is 4.74 Å². The lowest BCUT2D eigenvalue weighted by Gasteiger charge is -2.35. The van der Waals surface area contributed by atoms with Crippen LogP contribution in [0, 0.1) is 5.82 Å². The summed E-state index contributed by atoms with van der Waals surface area (Å²) in [5, 5.41) is 3.54. The molecule has 196 valence electrons. The highest BCUT2D eigenvalue weighted by Crippen LogP contribution is 2.48. The SMILES string of the molecule is CCCCCC(=O)N1c2ccccc2NC2=C(C(=O)C[C@@H](c3ccc(F)cc3)C2)[C@H]1c1cccc(OC)c1. The van der Waals surface area contributed by atoms with Gasteiger partial charge in [-0.3, -0.25) is 14.5 Å². The molecular weight excluding hydrogens is 479 g/mol. The maximum Gasteiger partial charge on any atom is 0.227 e. The second-order valence-corrected chi connectivity index (χ2v) is 10.0. The van der Waals surface area contributed by atoms with Gasteiger partial charge in [0.15, 0.2) is 5.78 Å². The number of nitrogens with zero attached hydrogens (tertiary/aromatic N) is 1. The number of unbranched alkanes of at least 4 members (excludes halogenated alkanes) is 2. The van der Waals surface area contributed by atoms with Gasteiger partial charge in [0.1, 0.15) is 11.6 Å². The Kier molecular flexibility index (Phi) is 7.59. The van der Waals surface area contributed by atoms with E-state index in [1.54, 1.807) is 19.2 Å². The van der Waals surface area contributed by atoms with Gasteiger partial charge in [-0.25, -0.2) is 4.39 Å². The molecule has 5 rings (SSSR count). The Labute approximate surface area is 223 Å². The van der Waals surface area contributed by atoms with E-state index in [2.05, 4.69) is 12.2 Å². The van der Waals surface area contributed by atoms with Crippen molar-refractivity contribution in [3.8, 4) is 5.75 Å². The molecule has 0 saturated carbocycles. The Balaban J connectivity index is 1.67. The van der Waals surface area contributed by atoms with Gasteiger partial charge in [-0.15, -0.1) is 0 Å². The Bertz CT molecular complexity index is 1370. The van der Waals surface area contributed by atoms with Crippen molar-refractivity contribution in [2.24, 2.45) is 0 Å². The third kappa shape index (κ3) is 5.08. The maximum absolute atomic E-state index is 14.0. The smallest absolute Gasteiger partial charge is 0.227 e. The number of rotatable bonds is 7. The Morgan fingerprint density at radius 2 is 1.79 bits per heavy atom. The number of carbonyl (C=O) groups excluding carboxylic acids is 2. The topological polar surface area (TPSA) is 58.6 Å². The molecule has 3 aromatic carbocycles. The molecule has 3 aromatic rings. The van der Waals surface area contributed by atoms with Crippen LogP contribution in [0.15, 0.2) is 84.1 Å². The number of hydrogen-bond acceptors (Lipinski definition) is 4. The molecule has 1 aliphatic carbocycles. The number of ether oxygens (including phenoxy) is 1. The first kappa shape index (κ1) is 25.7. The van der Waals surface area contributed by atoms with Crippen molar-refractivity contribution in [3.05, 3.63) is 101 Å². The quantitative estimate of drug-likeness (QED) is 0.337. The molecule has 38 heavy (non-hydrogen) atoms. The van der Waals surface area contributed by atoms with E-state index in [1.165, 1.54) is 12.1 Å². The van der Waals surface area contributed by atoms with E-state index in [1.807, 2.05) is 53.4 Å². The van der Waals surface area contributed by atoms with E-state index < -0.39 is 6.04 Å². The minimum atomic E-state index is -0.591. The lowest BCUT2D eigenvalue weighted by Crippen LogP contribution is -2.38. The average molecular weight is 513 g/mol. The summed E-state index contributed by atoms with van der Waals surface area (Å²) in [7, 11) is 1.61. The van der Waals surface area contributed by atoms with Crippen LogP contribution in [0.1, 0.15) is 68.5 Å². The molecule has 6 heteroatoms. The average Bonchev–Trinajstić information content (AvgIpc) is 3.08. The van der Waals surface area contributed by atoms with Crippen LogP contribution in [0.2, 0.25) is 0 Å². The van der Waals surface area contributed by atoms with Crippen molar-refractivity contribution < 1.29 is 18.7 Å². The van der Waals surface area contributed by atoms with Crippen LogP contribution in [-0.2, 0) is 9.59 Å². The summed E-state index contributed by atoms with van der Waals surface area (Å²) in [4.78, 5) is 29.7. The van der Waals surface area contributed by atoms with Crippen LogP contribution >= 0.6 is 0 Å². The van der Waals surface area contributed by atoms with Crippen molar-refractivity contribution in [3.63, 3.8) is 0 Å². The number of benzene rings is 3. The van der Waals surface area contributed by atoms with Crippen molar-refractivity contribution in [1.82, 2.24) is 0 Å². The van der Waals surface area contributed by atoms with Crippen molar-refractivity contribution in [2.45, 2.75) is 57.4 Å². The molecule has 0 fully saturated rings. The number of Topliss-reactive ketones (excluding diaryl/α,β-unsaturated/α-hetero) is 1. The number of allylic oxidation sites excluding steroid dienone is 1. The molecule has 2 aliphatic rings. The zero-order chi connectivity index (χ0) is 26.6. The summed E-state index contributed by atoms with van der Waals surface area (Å²) in [5.74, 6) is 0.260. The molecular formula is C32H33FN2O3. The van der Waals surface area contributed by atoms with Gasteiger partial charge in [0.25, 0.3) is 0 Å². The molecule has 1 amide bonds. The number of para-hydroxylation sites is 2. The van der Waals surface area contributed by atoms with Gasteiger partial charge >= 0.3 is 0 Å². The minimum absolute atomic E-state index is 0.0114. The van der Waals surface area contributed by atoms with Crippen molar-refractivity contribution in [2.75, 3.05) is 17.3 Å². The fraction of sp³-hybridized carbons (Fsp3) is 0.312. The molecule has 0 unspecified atom stereocenters. The number of amides is 1. The fourth-order valence-electron chi connectivity index (χ4n) is 5.61. The van der Waals surface area contributed by atoms with Crippen molar-refractivity contribution >= 4 is 23.1 Å². The normalized spacial score (nSPS) is 18.8. The first-order chi connectivity index (χ1) is 18.5. The van der Waals surface area contributed by atoms with Gasteiger partial charge in [-0.1, -0.05) is 56.2 Å². The van der Waals surface area contributed by atoms with Crippen LogP contribution < -0.4 is 15.0 Å². The van der Waals surface area contributed by atoms with E-state index in [-0.39, 0.29) is 23.4 Å². The molecule has 0 spiro atoms. The number of carbonyl (C=O) groups is 2. The Hall–Kier alpha value is -3.93. The van der Waals surface area contributed by atoms with E-state index >= 15 is 0 Å². The van der Waals surface area contributed by atoms with Crippen LogP contribution in [0.5, 0.6) is 5.75 Å². The summed E-state index contributed by atoms with van der Waals surface area (Å²) < 4.78 is 19.1. The monoisotopic (exact) mass is 512 g/mol. The molecule has 0 radical (unpaired) electrons. The molecule has 0 saturated heterocycles. The summed E-state index contributed by atoms with van der Waals surface area (Å²) in [6.07, 6.45) is 4.05. The third-order valence-corrected chi connectivity index (χ3v) is 7.50. The largest absolute Gasteiger partial charge is 0.497 e. The summed E-state index contributed by atoms with van der Waals surface area (Å²) in [6, 6.07) is 21.2. The second kappa shape index (κ2) is 11.2. The van der Waals surface area contributed by atoms with Crippen LogP contribution in [-0.4, -0.2) is 18.8 Å². The molecule has 1 heterocycles. The van der Waals surface area contributed by atoms with E-state index in [0.29, 0.717) is 30.6 Å². The lowest BCUT2D eigenvalue weighted by molar-refractivity contribution is -0.119. The van der Waals surface area contributed by atoms with Gasteiger partial charge in [0, 0.05) is 24.1 Å². The number of halogens is 1. The Morgan fingerprint density at radius 1 is 1.00 bits per heavy atom. The summed E-state index contributed by atoms with van der Waals surface area (Å²) in [6.45, 7) is 2.12. The lowest BCUT2D eigenvalue weighted by atomic mass is 9.78. The standard InChI is InChI=1S/C32H33FN2O3/c1-3-4-5-13-30(37)35-28-12-7-6-11-26(28)34-27-19-23(21-14-16-24(33)17-15-21)20-29(36)31(27)32(35)22-9-8-10-25(18-22)38-2/h6-12,14-18,23,32,34H,3-5,13,19-20H2,1-2H3/t23-,32+/m0/s1. The molecule has 1 N–H and O–H groups in total. The van der Waals surface area contributed by atoms with Gasteiger partial charge in [-0.05, 0) is 66.3 Å². The predicted octanol–water partition coefficient (Wildman–Crippen LogP) is 7.32. The number of fused-ring (bicyclic) bond motifs is 1. The summed E-state index contributed by atoms with van der Waals surface area (Å²) in [5.41, 5.74) is 4.71. The highest BCUT2D eigenvalue weighted by molar-refractivity contribution is 6.06. The first-order valence-electron chi connectivity index (χ1n) is 13.3.